The minimum Gasteiger partial charge on any atom is -0.768 e. The van der Waals surface area contributed by atoms with Crippen molar-refractivity contribution in [2.75, 3.05) is 0 Å². The summed E-state index contributed by atoms with van der Waals surface area (Å²) in [6.07, 6.45) is 3.62. The van der Waals surface area contributed by atoms with Crippen molar-refractivity contribution >= 4 is 32.6 Å². The van der Waals surface area contributed by atoms with Crippen LogP contribution in [0, 0.1) is 5.92 Å². The summed E-state index contributed by atoms with van der Waals surface area (Å²) in [6, 6.07) is 3.61. The van der Waals surface area contributed by atoms with Crippen molar-refractivity contribution in [3.05, 3.63) is 55.8 Å². The number of pyridine rings is 1. The molecule has 3 aromatic heterocycles. The van der Waals surface area contributed by atoms with Crippen LogP contribution in [0.5, 0.6) is 0 Å². The van der Waals surface area contributed by atoms with Crippen LogP contribution in [0.1, 0.15) is 24.3 Å². The molecule has 0 aliphatic rings. The number of aromatic nitrogens is 3. The van der Waals surface area contributed by atoms with Crippen LogP contribution in [-0.2, 0) is 31.1 Å². The molecule has 0 aromatic carbocycles. The van der Waals surface area contributed by atoms with Gasteiger partial charge in [0.15, 0.2) is 0 Å². The van der Waals surface area contributed by atoms with E-state index in [1.54, 1.807) is 18.5 Å². The van der Waals surface area contributed by atoms with Crippen molar-refractivity contribution in [1.29, 1.82) is 0 Å². The maximum atomic E-state index is 12.6. The Bertz CT molecular complexity index is 1100. The van der Waals surface area contributed by atoms with E-state index in [0.717, 1.165) is 10.1 Å². The molecule has 0 amide bonds. The summed E-state index contributed by atoms with van der Waals surface area (Å²) in [6.45, 7) is 4.32. The molecule has 0 saturated carbocycles. The average molecular weight is 399 g/mol. The third-order valence-corrected chi connectivity index (χ3v) is 6.12. The summed E-state index contributed by atoms with van der Waals surface area (Å²) < 4.78 is 26.3. The first kappa shape index (κ1) is 21.8. The topological polar surface area (TPSA) is 97.0 Å². The van der Waals surface area contributed by atoms with E-state index in [1.807, 2.05) is 19.9 Å². The zero-order valence-corrected chi connectivity index (χ0v) is 17.2. The Balaban J connectivity index is 0.00000261. The molecule has 0 aliphatic carbocycles. The molecule has 27 heavy (non-hydrogen) atoms. The van der Waals surface area contributed by atoms with Gasteiger partial charge in [0.25, 0.3) is 5.56 Å². The summed E-state index contributed by atoms with van der Waals surface area (Å²) >= 11 is -1.41. The summed E-state index contributed by atoms with van der Waals surface area (Å²) in [7, 11) is 1.37. The van der Waals surface area contributed by atoms with Crippen molar-refractivity contribution in [3.63, 3.8) is 0 Å². The van der Waals surface area contributed by atoms with Gasteiger partial charge in [0.1, 0.15) is 4.83 Å². The van der Waals surface area contributed by atoms with Gasteiger partial charge in [0.05, 0.1) is 10.3 Å². The molecule has 10 heteroatoms. The molecule has 138 valence electrons. The van der Waals surface area contributed by atoms with Gasteiger partial charge in [-0.2, -0.15) is 0 Å². The van der Waals surface area contributed by atoms with Crippen molar-refractivity contribution < 1.29 is 27.6 Å². The number of nitrogens with zero attached hydrogens (tertiary/aromatic N) is 3. The van der Waals surface area contributed by atoms with Crippen LogP contribution < -0.4 is 30.1 Å². The molecule has 3 heterocycles. The van der Waals surface area contributed by atoms with Crippen molar-refractivity contribution in [1.82, 2.24) is 14.1 Å². The zero-order chi connectivity index (χ0) is 19.0. The van der Waals surface area contributed by atoms with Gasteiger partial charge in [-0.1, -0.05) is 19.9 Å². The van der Waals surface area contributed by atoms with Gasteiger partial charge in [-0.3, -0.25) is 23.1 Å². The van der Waals surface area contributed by atoms with Crippen molar-refractivity contribution in [3.8, 4) is 0 Å². The van der Waals surface area contributed by atoms with Gasteiger partial charge < -0.3 is 4.55 Å². The minimum atomic E-state index is -2.59. The summed E-state index contributed by atoms with van der Waals surface area (Å²) in [5.41, 5.74) is -0.188. The molecule has 0 radical (unpaired) electrons. The molecule has 0 N–H and O–H groups in total. The fourth-order valence-corrected chi connectivity index (χ4v) is 5.08. The Morgan fingerprint density at radius 3 is 2.59 bits per heavy atom. The monoisotopic (exact) mass is 399 g/mol. The first-order chi connectivity index (χ1) is 12.3. The van der Waals surface area contributed by atoms with Gasteiger partial charge in [-0.05, 0) is 28.6 Å². The minimum absolute atomic E-state index is 0. The predicted molar refractivity (Wildman–Crippen MR) is 100 cm³/mol. The Morgan fingerprint density at radius 2 is 2.04 bits per heavy atom. The van der Waals surface area contributed by atoms with Crippen LogP contribution in [0.3, 0.4) is 0 Å². The van der Waals surface area contributed by atoms with Crippen LogP contribution in [0.2, 0.25) is 0 Å². The van der Waals surface area contributed by atoms with Crippen molar-refractivity contribution in [2.45, 2.75) is 31.7 Å². The van der Waals surface area contributed by atoms with E-state index in [1.165, 1.54) is 23.0 Å². The number of thiophene rings is 1. The molecule has 3 aromatic rings. The molecule has 3 rings (SSSR count). The van der Waals surface area contributed by atoms with E-state index >= 15 is 0 Å². The van der Waals surface area contributed by atoms with Crippen LogP contribution in [0.4, 0.5) is 0 Å². The fraction of sp³-hybridized carbons (Fsp3) is 0.353. The molecule has 0 saturated heterocycles. The Morgan fingerprint density at radius 1 is 1.33 bits per heavy atom. The first-order valence-corrected chi connectivity index (χ1v) is 9.93. The quantitative estimate of drug-likeness (QED) is 0.390. The number of rotatable bonds is 5. The second-order valence-corrected chi connectivity index (χ2v) is 8.42. The zero-order valence-electron chi connectivity index (χ0n) is 15.6. The molecular formula is C17H18LiN3O4S2. The molecule has 1 unspecified atom stereocenters. The fourth-order valence-electron chi connectivity index (χ4n) is 2.86. The van der Waals surface area contributed by atoms with Crippen molar-refractivity contribution in [2.24, 2.45) is 13.0 Å². The van der Waals surface area contributed by atoms with E-state index in [9.17, 15) is 18.4 Å². The van der Waals surface area contributed by atoms with Gasteiger partial charge in [-0.15, -0.1) is 11.3 Å². The van der Waals surface area contributed by atoms with E-state index in [0.29, 0.717) is 22.7 Å². The standard InChI is InChI=1S/C17H19N3O4S2.Li/c1-10(2)9-20-16-13(15(21)19(3)17(20)22)14(26(23)24)12(25-16)7-11-5-4-6-18-8-11;/h4-6,8,10H,7,9H2,1-3H3,(H,23,24);/q;+1/p-1. The Labute approximate surface area is 174 Å². The molecule has 7 nitrogen and oxygen atoms in total. The van der Waals surface area contributed by atoms with E-state index in [2.05, 4.69) is 4.98 Å². The molecule has 0 aliphatic heterocycles. The predicted octanol–water partition coefficient (Wildman–Crippen LogP) is -1.35. The van der Waals surface area contributed by atoms with E-state index in [4.69, 9.17) is 0 Å². The maximum absolute atomic E-state index is 12.6. The van der Waals surface area contributed by atoms with Crippen LogP contribution in [0.15, 0.2) is 39.0 Å². The first-order valence-electron chi connectivity index (χ1n) is 8.04. The number of hydrogen-bond acceptors (Lipinski definition) is 6. The number of hydrogen-bond donors (Lipinski definition) is 0. The van der Waals surface area contributed by atoms with Crippen LogP contribution >= 0.6 is 11.3 Å². The van der Waals surface area contributed by atoms with Crippen LogP contribution in [0.25, 0.3) is 10.2 Å². The largest absolute Gasteiger partial charge is 1.00 e. The third kappa shape index (κ3) is 4.17. The normalized spacial score (nSPS) is 12.3. The smallest absolute Gasteiger partial charge is 0.768 e. The summed E-state index contributed by atoms with van der Waals surface area (Å²) in [5, 5.41) is 0.0879. The molecule has 0 spiro atoms. The van der Waals surface area contributed by atoms with Gasteiger partial charge in [0.2, 0.25) is 0 Å². The average Bonchev–Trinajstić information content (AvgIpc) is 2.96. The van der Waals surface area contributed by atoms with Gasteiger partial charge in [0, 0.05) is 37.3 Å². The maximum Gasteiger partial charge on any atom is 1.00 e. The molecule has 0 fully saturated rings. The van der Waals surface area contributed by atoms with E-state index in [-0.39, 0.29) is 35.1 Å². The summed E-state index contributed by atoms with van der Waals surface area (Å²) in [5.74, 6) is 0.165. The Kier molecular flexibility index (Phi) is 7.00. The summed E-state index contributed by atoms with van der Waals surface area (Å²) in [4.78, 5) is 30.2. The van der Waals surface area contributed by atoms with Gasteiger partial charge >= 0.3 is 24.6 Å². The second-order valence-electron chi connectivity index (χ2n) is 6.46. The molecule has 1 atom stereocenters. The molecular weight excluding hydrogens is 381 g/mol. The second kappa shape index (κ2) is 8.67. The van der Waals surface area contributed by atoms with Crippen LogP contribution in [-0.4, -0.2) is 22.9 Å². The third-order valence-electron chi connectivity index (χ3n) is 4.00. The SMILES string of the molecule is CC(C)Cn1c(=O)n(C)c(=O)c2c(S(=O)[O-])c(Cc3cccnc3)sc21.[Li+]. The molecule has 0 bridgehead atoms. The number of fused-ring (bicyclic) bond motifs is 1. The Hall–Kier alpha value is -1.50. The van der Waals surface area contributed by atoms with E-state index < -0.39 is 22.3 Å². The van der Waals surface area contributed by atoms with Gasteiger partial charge in [-0.25, -0.2) is 4.79 Å².